The Morgan fingerprint density at radius 2 is 1.90 bits per heavy atom. The Kier molecular flexibility index (Phi) is 4.23. The molecule has 0 radical (unpaired) electrons. The van der Waals surface area contributed by atoms with Crippen LogP contribution in [-0.2, 0) is 6.54 Å². The van der Waals surface area contributed by atoms with Gasteiger partial charge < -0.3 is 5.32 Å². The van der Waals surface area contributed by atoms with Crippen molar-refractivity contribution in [2.24, 2.45) is 0 Å². The third-order valence-electron chi connectivity index (χ3n) is 3.62. The highest BCUT2D eigenvalue weighted by molar-refractivity contribution is 5.43. The van der Waals surface area contributed by atoms with Crippen LogP contribution in [0.25, 0.3) is 5.82 Å². The van der Waals surface area contributed by atoms with Gasteiger partial charge in [-0.25, -0.2) is 9.97 Å². The van der Waals surface area contributed by atoms with Crippen molar-refractivity contribution >= 4 is 0 Å². The van der Waals surface area contributed by atoms with Crippen LogP contribution in [0, 0.1) is 27.7 Å². The van der Waals surface area contributed by atoms with Crippen LogP contribution in [0.3, 0.4) is 0 Å². The smallest absolute Gasteiger partial charge is 0.143 e. The number of pyridine rings is 1. The van der Waals surface area contributed by atoms with E-state index in [1.165, 1.54) is 11.1 Å². The fourth-order valence-electron chi connectivity index (χ4n) is 2.28. The molecule has 2 aromatic rings. The molecule has 0 unspecified atom stereocenters. The van der Waals surface area contributed by atoms with Gasteiger partial charge in [0.1, 0.15) is 12.1 Å². The van der Waals surface area contributed by atoms with Crippen molar-refractivity contribution in [1.82, 2.24) is 19.9 Å². The standard InChI is InChI=1S/C16H24N4/c1-10(2)17-8-15-11(3)7-12(4)19-16(15)20-9-18-13(5)14(20)6/h7,9-10,17H,8H2,1-6H3. The minimum absolute atomic E-state index is 0.453. The Labute approximate surface area is 121 Å². The first-order valence-corrected chi connectivity index (χ1v) is 7.11. The number of rotatable bonds is 4. The van der Waals surface area contributed by atoms with Crippen LogP contribution in [0.2, 0.25) is 0 Å². The van der Waals surface area contributed by atoms with E-state index in [0.717, 1.165) is 29.4 Å². The molecule has 0 aliphatic carbocycles. The molecular formula is C16H24N4. The van der Waals surface area contributed by atoms with Crippen molar-refractivity contribution in [3.63, 3.8) is 0 Å². The molecule has 0 amide bonds. The van der Waals surface area contributed by atoms with Gasteiger partial charge in [-0.2, -0.15) is 0 Å². The zero-order chi connectivity index (χ0) is 14.9. The molecule has 0 bridgehead atoms. The molecule has 0 aromatic carbocycles. The molecule has 0 saturated carbocycles. The lowest BCUT2D eigenvalue weighted by Gasteiger charge is -2.17. The fourth-order valence-corrected chi connectivity index (χ4v) is 2.28. The topological polar surface area (TPSA) is 42.7 Å². The van der Waals surface area contributed by atoms with Gasteiger partial charge in [0, 0.05) is 29.5 Å². The Balaban J connectivity index is 2.53. The van der Waals surface area contributed by atoms with Gasteiger partial charge in [-0.05, 0) is 39.3 Å². The number of hydrogen-bond acceptors (Lipinski definition) is 3. The van der Waals surface area contributed by atoms with Gasteiger partial charge in [0.2, 0.25) is 0 Å². The molecule has 2 aromatic heterocycles. The Bertz CT molecular complexity index is 611. The number of nitrogens with zero attached hydrogens (tertiary/aromatic N) is 3. The fraction of sp³-hybridized carbons (Fsp3) is 0.500. The maximum absolute atomic E-state index is 4.74. The largest absolute Gasteiger partial charge is 0.310 e. The number of aryl methyl sites for hydroxylation is 3. The van der Waals surface area contributed by atoms with E-state index in [1.807, 2.05) is 20.2 Å². The number of aromatic nitrogens is 3. The van der Waals surface area contributed by atoms with E-state index >= 15 is 0 Å². The van der Waals surface area contributed by atoms with E-state index in [-0.39, 0.29) is 0 Å². The summed E-state index contributed by atoms with van der Waals surface area (Å²) >= 11 is 0. The summed E-state index contributed by atoms with van der Waals surface area (Å²) in [4.78, 5) is 9.13. The lowest BCUT2D eigenvalue weighted by Crippen LogP contribution is -2.24. The van der Waals surface area contributed by atoms with Gasteiger partial charge in [0.15, 0.2) is 0 Å². The van der Waals surface area contributed by atoms with Crippen LogP contribution in [0.1, 0.15) is 42.1 Å². The predicted octanol–water partition coefficient (Wildman–Crippen LogP) is 3.00. The van der Waals surface area contributed by atoms with Crippen molar-refractivity contribution in [3.8, 4) is 5.82 Å². The highest BCUT2D eigenvalue weighted by Crippen LogP contribution is 2.20. The van der Waals surface area contributed by atoms with Crippen molar-refractivity contribution in [1.29, 1.82) is 0 Å². The van der Waals surface area contributed by atoms with Gasteiger partial charge in [0.05, 0.1) is 5.69 Å². The molecule has 4 nitrogen and oxygen atoms in total. The van der Waals surface area contributed by atoms with Crippen LogP contribution >= 0.6 is 0 Å². The molecule has 0 aliphatic rings. The Hall–Kier alpha value is -1.68. The highest BCUT2D eigenvalue weighted by Gasteiger charge is 2.14. The third-order valence-corrected chi connectivity index (χ3v) is 3.62. The summed E-state index contributed by atoms with van der Waals surface area (Å²) in [6.45, 7) is 13.4. The predicted molar refractivity (Wildman–Crippen MR) is 82.3 cm³/mol. The Morgan fingerprint density at radius 3 is 2.45 bits per heavy atom. The molecule has 2 heterocycles. The van der Waals surface area contributed by atoms with E-state index in [9.17, 15) is 0 Å². The Morgan fingerprint density at radius 1 is 1.20 bits per heavy atom. The van der Waals surface area contributed by atoms with E-state index < -0.39 is 0 Å². The molecule has 0 atom stereocenters. The van der Waals surface area contributed by atoms with Crippen LogP contribution < -0.4 is 5.32 Å². The number of imidazole rings is 1. The van der Waals surface area contributed by atoms with E-state index in [0.29, 0.717) is 6.04 Å². The molecule has 108 valence electrons. The first-order valence-electron chi connectivity index (χ1n) is 7.11. The van der Waals surface area contributed by atoms with Gasteiger partial charge in [0.25, 0.3) is 0 Å². The van der Waals surface area contributed by atoms with Crippen LogP contribution in [0.4, 0.5) is 0 Å². The molecule has 1 N–H and O–H groups in total. The monoisotopic (exact) mass is 272 g/mol. The van der Waals surface area contributed by atoms with Crippen molar-refractivity contribution in [2.75, 3.05) is 0 Å². The van der Waals surface area contributed by atoms with Crippen molar-refractivity contribution in [2.45, 2.75) is 54.1 Å². The second kappa shape index (κ2) is 5.75. The molecular weight excluding hydrogens is 248 g/mol. The van der Waals surface area contributed by atoms with E-state index in [2.05, 4.69) is 48.6 Å². The van der Waals surface area contributed by atoms with Crippen LogP contribution in [0.5, 0.6) is 0 Å². The normalized spacial score (nSPS) is 11.3. The quantitative estimate of drug-likeness (QED) is 0.930. The molecule has 4 heteroatoms. The highest BCUT2D eigenvalue weighted by atomic mass is 15.1. The maximum atomic E-state index is 4.74. The number of hydrogen-bond donors (Lipinski definition) is 1. The minimum Gasteiger partial charge on any atom is -0.310 e. The van der Waals surface area contributed by atoms with Crippen LogP contribution in [-0.4, -0.2) is 20.6 Å². The molecule has 2 rings (SSSR count). The summed E-state index contributed by atoms with van der Waals surface area (Å²) in [7, 11) is 0. The first kappa shape index (κ1) is 14.7. The second-order valence-corrected chi connectivity index (χ2v) is 5.70. The van der Waals surface area contributed by atoms with Gasteiger partial charge in [-0.3, -0.25) is 4.57 Å². The molecule has 0 fully saturated rings. The SMILES string of the molecule is Cc1cc(C)c(CNC(C)C)c(-n2cnc(C)c2C)n1. The summed E-state index contributed by atoms with van der Waals surface area (Å²) in [5.41, 5.74) is 5.75. The average Bonchev–Trinajstić information content (AvgIpc) is 2.68. The molecule has 0 spiro atoms. The van der Waals surface area contributed by atoms with Gasteiger partial charge >= 0.3 is 0 Å². The van der Waals surface area contributed by atoms with Gasteiger partial charge in [-0.1, -0.05) is 13.8 Å². The number of nitrogens with one attached hydrogen (secondary N) is 1. The molecule has 20 heavy (non-hydrogen) atoms. The van der Waals surface area contributed by atoms with Crippen molar-refractivity contribution in [3.05, 3.63) is 40.6 Å². The summed E-state index contributed by atoms with van der Waals surface area (Å²) in [6.07, 6.45) is 1.87. The minimum atomic E-state index is 0.453. The summed E-state index contributed by atoms with van der Waals surface area (Å²) < 4.78 is 2.09. The maximum Gasteiger partial charge on any atom is 0.143 e. The lowest BCUT2D eigenvalue weighted by molar-refractivity contribution is 0.584. The van der Waals surface area contributed by atoms with E-state index in [1.54, 1.807) is 0 Å². The zero-order valence-electron chi connectivity index (χ0n) is 13.3. The third kappa shape index (κ3) is 2.90. The van der Waals surface area contributed by atoms with Crippen LogP contribution in [0.15, 0.2) is 12.4 Å². The average molecular weight is 272 g/mol. The molecule has 0 aliphatic heterocycles. The molecule has 0 saturated heterocycles. The summed E-state index contributed by atoms with van der Waals surface area (Å²) in [6, 6.07) is 2.59. The first-order chi connectivity index (χ1) is 9.40. The van der Waals surface area contributed by atoms with Gasteiger partial charge in [-0.15, -0.1) is 0 Å². The lowest BCUT2D eigenvalue weighted by atomic mass is 10.1. The zero-order valence-corrected chi connectivity index (χ0v) is 13.3. The second-order valence-electron chi connectivity index (χ2n) is 5.70. The summed E-state index contributed by atoms with van der Waals surface area (Å²) in [5, 5.41) is 3.48. The van der Waals surface area contributed by atoms with Crippen molar-refractivity contribution < 1.29 is 0 Å². The summed E-state index contributed by atoms with van der Waals surface area (Å²) in [5.74, 6) is 0.994. The van der Waals surface area contributed by atoms with E-state index in [4.69, 9.17) is 4.98 Å².